The summed E-state index contributed by atoms with van der Waals surface area (Å²) >= 11 is 0. The number of benzene rings is 1. The van der Waals surface area contributed by atoms with Crippen LogP contribution in [0.3, 0.4) is 0 Å². The highest BCUT2D eigenvalue weighted by molar-refractivity contribution is 5.73. The van der Waals surface area contributed by atoms with Gasteiger partial charge in [0, 0.05) is 24.0 Å². The zero-order chi connectivity index (χ0) is 18.6. The molecule has 3 aromatic rings. The summed E-state index contributed by atoms with van der Waals surface area (Å²) in [7, 11) is 0. The van der Waals surface area contributed by atoms with Crippen molar-refractivity contribution in [3.8, 4) is 22.9 Å². The predicted molar refractivity (Wildman–Crippen MR) is 97.2 cm³/mol. The van der Waals surface area contributed by atoms with Gasteiger partial charge in [0.25, 0.3) is 0 Å². The molecule has 3 heterocycles. The van der Waals surface area contributed by atoms with E-state index in [1.807, 2.05) is 18.2 Å². The van der Waals surface area contributed by atoms with E-state index in [2.05, 4.69) is 25.6 Å². The average Bonchev–Trinajstić information content (AvgIpc) is 3.15. The molecule has 9 heteroatoms. The summed E-state index contributed by atoms with van der Waals surface area (Å²) in [5.41, 5.74) is 1.95. The Bertz CT molecular complexity index is 981. The van der Waals surface area contributed by atoms with Crippen molar-refractivity contribution >= 4 is 23.4 Å². The summed E-state index contributed by atoms with van der Waals surface area (Å²) < 4.78 is 10.7. The number of nitrogens with zero attached hydrogens (tertiary/aromatic N) is 3. The van der Waals surface area contributed by atoms with Crippen molar-refractivity contribution in [1.82, 2.24) is 15.0 Å². The van der Waals surface area contributed by atoms with Crippen LogP contribution in [0.2, 0.25) is 0 Å². The second kappa shape index (κ2) is 7.16. The number of rotatable bonds is 6. The van der Waals surface area contributed by atoms with Crippen LogP contribution in [-0.2, 0) is 4.79 Å². The number of hydrogen-bond donors (Lipinski definition) is 3. The van der Waals surface area contributed by atoms with Gasteiger partial charge in [-0.1, -0.05) is 6.07 Å². The van der Waals surface area contributed by atoms with Gasteiger partial charge in [0.05, 0.1) is 11.4 Å². The Morgan fingerprint density at radius 2 is 1.96 bits per heavy atom. The zero-order valence-electron chi connectivity index (χ0n) is 14.0. The van der Waals surface area contributed by atoms with Crippen LogP contribution >= 0.6 is 0 Å². The summed E-state index contributed by atoms with van der Waals surface area (Å²) in [6.45, 7) is -0.103. The molecule has 136 valence electrons. The van der Waals surface area contributed by atoms with E-state index in [-0.39, 0.29) is 19.3 Å². The monoisotopic (exact) mass is 365 g/mol. The van der Waals surface area contributed by atoms with E-state index in [1.54, 1.807) is 30.5 Å². The van der Waals surface area contributed by atoms with Crippen LogP contribution in [-0.4, -0.2) is 39.4 Å². The van der Waals surface area contributed by atoms with Gasteiger partial charge in [-0.3, -0.25) is 9.78 Å². The average molecular weight is 365 g/mol. The second-order valence-corrected chi connectivity index (χ2v) is 5.62. The molecule has 0 bridgehead atoms. The molecule has 0 saturated carbocycles. The molecule has 1 aromatic carbocycles. The Balaban J connectivity index is 1.66. The van der Waals surface area contributed by atoms with Crippen LogP contribution < -0.4 is 20.1 Å². The SMILES string of the molecule is O=C(O)CNc1nc(Nc2ccc3c(c2)OCO3)cc(-c2ccccn2)n1. The van der Waals surface area contributed by atoms with E-state index < -0.39 is 5.97 Å². The minimum Gasteiger partial charge on any atom is -0.480 e. The third kappa shape index (κ3) is 3.87. The molecular formula is C18H15N5O4. The summed E-state index contributed by atoms with van der Waals surface area (Å²) in [5, 5.41) is 14.7. The highest BCUT2D eigenvalue weighted by Crippen LogP contribution is 2.35. The first kappa shape index (κ1) is 16.6. The number of carboxylic acids is 1. The Morgan fingerprint density at radius 1 is 1.07 bits per heavy atom. The Morgan fingerprint density at radius 3 is 2.78 bits per heavy atom. The number of ether oxygens (including phenoxy) is 2. The highest BCUT2D eigenvalue weighted by atomic mass is 16.7. The molecule has 0 fully saturated rings. The summed E-state index contributed by atoms with van der Waals surface area (Å²) in [5.74, 6) is 0.984. The maximum atomic E-state index is 10.8. The lowest BCUT2D eigenvalue weighted by Crippen LogP contribution is -2.15. The van der Waals surface area contributed by atoms with Gasteiger partial charge in [-0.2, -0.15) is 4.98 Å². The van der Waals surface area contributed by atoms with Gasteiger partial charge in [-0.05, 0) is 24.3 Å². The molecule has 2 aromatic heterocycles. The lowest BCUT2D eigenvalue weighted by atomic mass is 10.2. The molecule has 3 N–H and O–H groups in total. The van der Waals surface area contributed by atoms with Crippen molar-refractivity contribution in [3.63, 3.8) is 0 Å². The van der Waals surface area contributed by atoms with E-state index in [0.29, 0.717) is 28.7 Å². The molecular weight excluding hydrogens is 350 g/mol. The topological polar surface area (TPSA) is 118 Å². The smallest absolute Gasteiger partial charge is 0.322 e. The van der Waals surface area contributed by atoms with Crippen molar-refractivity contribution in [3.05, 3.63) is 48.7 Å². The minimum absolute atomic E-state index is 0.184. The number of hydrogen-bond acceptors (Lipinski definition) is 8. The molecule has 1 aliphatic rings. The number of carboxylic acid groups (broad SMARTS) is 1. The molecule has 27 heavy (non-hydrogen) atoms. The van der Waals surface area contributed by atoms with Crippen molar-refractivity contribution in [2.24, 2.45) is 0 Å². The maximum absolute atomic E-state index is 10.8. The van der Waals surface area contributed by atoms with Gasteiger partial charge in [0.2, 0.25) is 12.7 Å². The molecule has 0 spiro atoms. The second-order valence-electron chi connectivity index (χ2n) is 5.62. The first-order valence-electron chi connectivity index (χ1n) is 8.10. The van der Waals surface area contributed by atoms with E-state index in [1.165, 1.54) is 0 Å². The number of fused-ring (bicyclic) bond motifs is 1. The lowest BCUT2D eigenvalue weighted by molar-refractivity contribution is -0.134. The van der Waals surface area contributed by atoms with Crippen molar-refractivity contribution in [2.75, 3.05) is 24.0 Å². The number of carbonyl (C=O) groups is 1. The maximum Gasteiger partial charge on any atom is 0.322 e. The van der Waals surface area contributed by atoms with Crippen LogP contribution in [0.4, 0.5) is 17.5 Å². The van der Waals surface area contributed by atoms with E-state index in [4.69, 9.17) is 14.6 Å². The van der Waals surface area contributed by atoms with Crippen LogP contribution in [0.15, 0.2) is 48.7 Å². The first-order chi connectivity index (χ1) is 13.2. The van der Waals surface area contributed by atoms with Gasteiger partial charge in [-0.15, -0.1) is 0 Å². The number of pyridine rings is 1. The van der Waals surface area contributed by atoms with Crippen LogP contribution in [0, 0.1) is 0 Å². The lowest BCUT2D eigenvalue weighted by Gasteiger charge is -2.11. The van der Waals surface area contributed by atoms with Gasteiger partial charge in [0.1, 0.15) is 12.4 Å². The highest BCUT2D eigenvalue weighted by Gasteiger charge is 2.14. The molecule has 0 atom stereocenters. The number of aliphatic carboxylic acids is 1. The predicted octanol–water partition coefficient (Wildman–Crippen LogP) is 2.51. The van der Waals surface area contributed by atoms with Crippen molar-refractivity contribution < 1.29 is 19.4 Å². The summed E-state index contributed by atoms with van der Waals surface area (Å²) in [6, 6.07) is 12.6. The number of anilines is 3. The Kier molecular flexibility index (Phi) is 4.40. The van der Waals surface area contributed by atoms with Crippen molar-refractivity contribution in [1.29, 1.82) is 0 Å². The van der Waals surface area contributed by atoms with Gasteiger partial charge >= 0.3 is 5.97 Å². The van der Waals surface area contributed by atoms with Crippen LogP contribution in [0.25, 0.3) is 11.4 Å². The molecule has 9 nitrogen and oxygen atoms in total. The van der Waals surface area contributed by atoms with E-state index in [0.717, 1.165) is 5.69 Å². The molecule has 4 rings (SSSR count). The van der Waals surface area contributed by atoms with Gasteiger partial charge < -0.3 is 25.2 Å². The molecule has 0 saturated heterocycles. The zero-order valence-corrected chi connectivity index (χ0v) is 14.0. The molecule has 0 radical (unpaired) electrons. The molecule has 0 aliphatic carbocycles. The van der Waals surface area contributed by atoms with Crippen molar-refractivity contribution in [2.45, 2.75) is 0 Å². The number of nitrogens with one attached hydrogen (secondary N) is 2. The summed E-state index contributed by atoms with van der Waals surface area (Å²) in [6.07, 6.45) is 1.66. The van der Waals surface area contributed by atoms with Crippen LogP contribution in [0.5, 0.6) is 11.5 Å². The Labute approximate surface area is 154 Å². The normalized spacial score (nSPS) is 11.9. The minimum atomic E-state index is -1.01. The van der Waals surface area contributed by atoms with Gasteiger partial charge in [0.15, 0.2) is 11.5 Å². The Hall–Kier alpha value is -3.88. The molecule has 1 aliphatic heterocycles. The quantitative estimate of drug-likeness (QED) is 0.605. The standard InChI is InChI=1S/C18H15N5O4/c24-17(25)9-20-18-22-13(12-3-1-2-6-19-12)8-16(23-18)21-11-4-5-14-15(7-11)27-10-26-14/h1-8H,9-10H2,(H,24,25)(H2,20,21,22,23). The third-order valence-electron chi connectivity index (χ3n) is 3.70. The van der Waals surface area contributed by atoms with Crippen LogP contribution in [0.1, 0.15) is 0 Å². The fourth-order valence-corrected chi connectivity index (χ4v) is 2.51. The van der Waals surface area contributed by atoms with E-state index >= 15 is 0 Å². The van der Waals surface area contributed by atoms with Gasteiger partial charge in [-0.25, -0.2) is 4.98 Å². The number of aromatic nitrogens is 3. The third-order valence-corrected chi connectivity index (χ3v) is 3.70. The fraction of sp³-hybridized carbons (Fsp3) is 0.111. The molecule has 0 unspecified atom stereocenters. The van der Waals surface area contributed by atoms with E-state index in [9.17, 15) is 4.79 Å². The fourth-order valence-electron chi connectivity index (χ4n) is 2.51. The first-order valence-corrected chi connectivity index (χ1v) is 8.10. The largest absolute Gasteiger partial charge is 0.480 e. The molecule has 0 amide bonds. The summed E-state index contributed by atoms with van der Waals surface area (Å²) in [4.78, 5) is 23.8.